The molecule has 7 heteroatoms. The number of carbonyl (C=O) groups is 3. The maximum atomic E-state index is 12.5. The van der Waals surface area contributed by atoms with Crippen molar-refractivity contribution in [3.05, 3.63) is 0 Å². The highest BCUT2D eigenvalue weighted by atomic mass is 16.4. The molecule has 2 heterocycles. The first-order valence-corrected chi connectivity index (χ1v) is 7.34. The molecule has 21 heavy (non-hydrogen) atoms. The zero-order chi connectivity index (χ0) is 15.8. The highest BCUT2D eigenvalue weighted by Crippen LogP contribution is 2.38. The number of primary amides is 1. The van der Waals surface area contributed by atoms with Crippen LogP contribution in [0.5, 0.6) is 0 Å². The van der Waals surface area contributed by atoms with Gasteiger partial charge in [0, 0.05) is 26.2 Å². The van der Waals surface area contributed by atoms with E-state index in [1.54, 1.807) is 9.80 Å². The molecule has 2 aliphatic heterocycles. The van der Waals surface area contributed by atoms with E-state index in [1.165, 1.54) is 0 Å². The predicted octanol–water partition coefficient (Wildman–Crippen LogP) is 0.346. The van der Waals surface area contributed by atoms with Crippen LogP contribution in [0.15, 0.2) is 0 Å². The van der Waals surface area contributed by atoms with E-state index < -0.39 is 11.4 Å². The molecule has 118 valence electrons. The highest BCUT2D eigenvalue weighted by molar-refractivity contribution is 5.82. The number of nitrogens with two attached hydrogens (primary N) is 1. The molecule has 2 aliphatic rings. The van der Waals surface area contributed by atoms with Gasteiger partial charge in [-0.3, -0.25) is 9.59 Å². The number of urea groups is 1. The Hall–Kier alpha value is -1.79. The average Bonchev–Trinajstić information content (AvgIpc) is 3.06. The van der Waals surface area contributed by atoms with Gasteiger partial charge in [-0.15, -0.1) is 0 Å². The van der Waals surface area contributed by atoms with Crippen molar-refractivity contribution < 1.29 is 19.5 Å². The van der Waals surface area contributed by atoms with E-state index in [1.807, 2.05) is 13.8 Å². The molecule has 0 spiro atoms. The molecular formula is C14H23N3O4. The SMILES string of the molecule is CC(C)C1(C(=O)O)CCN(C(=O)N2CCC(C(N)=O)C2)C1. The molecule has 2 atom stereocenters. The lowest BCUT2D eigenvalue weighted by atomic mass is 9.76. The number of hydrogen-bond donors (Lipinski definition) is 2. The van der Waals surface area contributed by atoms with Crippen molar-refractivity contribution in [2.75, 3.05) is 26.2 Å². The predicted molar refractivity (Wildman–Crippen MR) is 75.4 cm³/mol. The van der Waals surface area contributed by atoms with Crippen molar-refractivity contribution >= 4 is 17.9 Å². The topological polar surface area (TPSA) is 104 Å². The standard InChI is InChI=1S/C14H23N3O4/c1-9(2)14(12(19)20)4-6-17(8-14)13(21)16-5-3-10(7-16)11(15)18/h9-10H,3-8H2,1-2H3,(H2,15,18)(H,19,20). The number of nitrogens with zero attached hydrogens (tertiary/aromatic N) is 2. The van der Waals surface area contributed by atoms with Crippen molar-refractivity contribution in [2.45, 2.75) is 26.7 Å². The van der Waals surface area contributed by atoms with Crippen LogP contribution in [0, 0.1) is 17.3 Å². The number of carbonyl (C=O) groups excluding carboxylic acids is 2. The molecule has 3 amide bonds. The Bertz CT molecular complexity index is 465. The van der Waals surface area contributed by atoms with Crippen LogP contribution in [-0.4, -0.2) is 59.0 Å². The fraction of sp³-hybridized carbons (Fsp3) is 0.786. The molecule has 0 bridgehead atoms. The molecule has 0 aromatic carbocycles. The molecule has 0 saturated carbocycles. The van der Waals surface area contributed by atoms with E-state index in [4.69, 9.17) is 5.73 Å². The summed E-state index contributed by atoms with van der Waals surface area (Å²) in [6, 6.07) is -0.178. The van der Waals surface area contributed by atoms with Gasteiger partial charge in [0.1, 0.15) is 0 Å². The van der Waals surface area contributed by atoms with Crippen LogP contribution >= 0.6 is 0 Å². The van der Waals surface area contributed by atoms with Gasteiger partial charge in [-0.1, -0.05) is 13.8 Å². The maximum absolute atomic E-state index is 12.5. The second-order valence-electron chi connectivity index (χ2n) is 6.40. The molecule has 2 saturated heterocycles. The summed E-state index contributed by atoms with van der Waals surface area (Å²) >= 11 is 0. The van der Waals surface area contributed by atoms with Gasteiger partial charge in [0.15, 0.2) is 0 Å². The molecule has 0 aromatic heterocycles. The molecule has 0 aliphatic carbocycles. The van der Waals surface area contributed by atoms with Gasteiger partial charge in [-0.2, -0.15) is 0 Å². The van der Waals surface area contributed by atoms with Gasteiger partial charge in [-0.25, -0.2) is 4.79 Å². The summed E-state index contributed by atoms with van der Waals surface area (Å²) < 4.78 is 0. The van der Waals surface area contributed by atoms with Gasteiger partial charge >= 0.3 is 12.0 Å². The minimum absolute atomic E-state index is 0.0373. The van der Waals surface area contributed by atoms with Crippen LogP contribution in [-0.2, 0) is 9.59 Å². The van der Waals surface area contributed by atoms with E-state index in [9.17, 15) is 19.5 Å². The third kappa shape index (κ3) is 2.69. The third-order valence-electron chi connectivity index (χ3n) is 4.96. The quantitative estimate of drug-likeness (QED) is 0.784. The number of likely N-dealkylation sites (tertiary alicyclic amines) is 2. The van der Waals surface area contributed by atoms with Gasteiger partial charge in [0.25, 0.3) is 0 Å². The number of carboxylic acids is 1. The van der Waals surface area contributed by atoms with Crippen molar-refractivity contribution in [3.63, 3.8) is 0 Å². The zero-order valence-electron chi connectivity index (χ0n) is 12.5. The van der Waals surface area contributed by atoms with Crippen LogP contribution in [0.25, 0.3) is 0 Å². The van der Waals surface area contributed by atoms with Crippen LogP contribution in [0.1, 0.15) is 26.7 Å². The minimum Gasteiger partial charge on any atom is -0.481 e. The second kappa shape index (κ2) is 5.54. The number of rotatable bonds is 3. The van der Waals surface area contributed by atoms with Crippen molar-refractivity contribution in [2.24, 2.45) is 23.0 Å². The number of amides is 3. The fourth-order valence-corrected chi connectivity index (χ4v) is 3.26. The summed E-state index contributed by atoms with van der Waals surface area (Å²) in [5.41, 5.74) is 4.41. The van der Waals surface area contributed by atoms with E-state index >= 15 is 0 Å². The third-order valence-corrected chi connectivity index (χ3v) is 4.96. The van der Waals surface area contributed by atoms with Gasteiger partial charge in [0.05, 0.1) is 11.3 Å². The van der Waals surface area contributed by atoms with E-state index in [-0.39, 0.29) is 30.3 Å². The Morgan fingerprint density at radius 3 is 2.33 bits per heavy atom. The number of carboxylic acid groups (broad SMARTS) is 1. The Morgan fingerprint density at radius 1 is 1.24 bits per heavy atom. The normalized spacial score (nSPS) is 29.2. The fourth-order valence-electron chi connectivity index (χ4n) is 3.26. The minimum atomic E-state index is -0.863. The van der Waals surface area contributed by atoms with Crippen LogP contribution < -0.4 is 5.73 Å². The summed E-state index contributed by atoms with van der Waals surface area (Å²) in [6.07, 6.45) is 1.06. The molecule has 0 aromatic rings. The Morgan fingerprint density at radius 2 is 1.90 bits per heavy atom. The molecule has 2 fully saturated rings. The second-order valence-corrected chi connectivity index (χ2v) is 6.40. The Labute approximate surface area is 124 Å². The summed E-state index contributed by atoms with van der Waals surface area (Å²) in [5, 5.41) is 9.50. The van der Waals surface area contributed by atoms with Crippen molar-refractivity contribution in [1.29, 1.82) is 0 Å². The first-order valence-electron chi connectivity index (χ1n) is 7.34. The smallest absolute Gasteiger partial charge is 0.320 e. The Balaban J connectivity index is 2.03. The van der Waals surface area contributed by atoms with Crippen molar-refractivity contribution in [3.8, 4) is 0 Å². The first kappa shape index (κ1) is 15.6. The summed E-state index contributed by atoms with van der Waals surface area (Å²) in [7, 11) is 0. The highest BCUT2D eigenvalue weighted by Gasteiger charge is 2.49. The van der Waals surface area contributed by atoms with Crippen LogP contribution in [0.2, 0.25) is 0 Å². The van der Waals surface area contributed by atoms with E-state index in [0.29, 0.717) is 32.5 Å². The lowest BCUT2D eigenvalue weighted by Crippen LogP contribution is -2.45. The lowest BCUT2D eigenvalue weighted by Gasteiger charge is -2.30. The molecule has 2 unspecified atom stereocenters. The Kier molecular flexibility index (Phi) is 4.11. The monoisotopic (exact) mass is 297 g/mol. The molecule has 0 radical (unpaired) electrons. The molecule has 3 N–H and O–H groups in total. The summed E-state index contributed by atoms with van der Waals surface area (Å²) in [6.45, 7) is 5.27. The average molecular weight is 297 g/mol. The molecular weight excluding hydrogens is 274 g/mol. The lowest BCUT2D eigenvalue weighted by molar-refractivity contribution is -0.150. The molecule has 7 nitrogen and oxygen atoms in total. The number of aliphatic carboxylic acids is 1. The molecule has 2 rings (SSSR count). The van der Waals surface area contributed by atoms with E-state index in [0.717, 1.165) is 0 Å². The summed E-state index contributed by atoms with van der Waals surface area (Å²) in [4.78, 5) is 38.4. The van der Waals surface area contributed by atoms with Crippen LogP contribution in [0.4, 0.5) is 4.79 Å². The van der Waals surface area contributed by atoms with Gasteiger partial charge < -0.3 is 20.6 Å². The first-order chi connectivity index (χ1) is 9.78. The van der Waals surface area contributed by atoms with Gasteiger partial charge in [-0.05, 0) is 18.8 Å². The maximum Gasteiger partial charge on any atom is 0.320 e. The largest absolute Gasteiger partial charge is 0.481 e. The zero-order valence-corrected chi connectivity index (χ0v) is 12.5. The van der Waals surface area contributed by atoms with Gasteiger partial charge in [0.2, 0.25) is 5.91 Å². The van der Waals surface area contributed by atoms with Crippen LogP contribution in [0.3, 0.4) is 0 Å². The number of hydrogen-bond acceptors (Lipinski definition) is 3. The van der Waals surface area contributed by atoms with E-state index in [2.05, 4.69) is 0 Å². The summed E-state index contributed by atoms with van der Waals surface area (Å²) in [5.74, 6) is -1.55. The van der Waals surface area contributed by atoms with Crippen molar-refractivity contribution in [1.82, 2.24) is 9.80 Å².